The number of hydrogen-bond donors (Lipinski definition) is 1. The fraction of sp³-hybridized carbons (Fsp3) is 0.222. The van der Waals surface area contributed by atoms with E-state index in [9.17, 15) is 0 Å². The molecule has 118 valence electrons. The molecule has 0 aliphatic heterocycles. The van der Waals surface area contributed by atoms with E-state index >= 15 is 0 Å². The van der Waals surface area contributed by atoms with E-state index in [0.29, 0.717) is 12.5 Å². The molecule has 0 unspecified atom stereocenters. The van der Waals surface area contributed by atoms with Gasteiger partial charge in [0.2, 0.25) is 5.95 Å². The van der Waals surface area contributed by atoms with Gasteiger partial charge in [-0.25, -0.2) is 19.9 Å². The molecule has 0 spiro atoms. The Morgan fingerprint density at radius 3 is 1.91 bits per heavy atom. The maximum Gasteiger partial charge on any atom is 0.222 e. The van der Waals surface area contributed by atoms with Gasteiger partial charge in [-0.05, 0) is 29.7 Å². The molecule has 0 aliphatic rings. The maximum absolute atomic E-state index is 4.24. The van der Waals surface area contributed by atoms with Crippen molar-refractivity contribution < 1.29 is 0 Å². The molecule has 0 saturated carbocycles. The fourth-order valence-electron chi connectivity index (χ4n) is 2.11. The van der Waals surface area contributed by atoms with Crippen LogP contribution in [0, 0.1) is 0 Å². The predicted octanol–water partition coefficient (Wildman–Crippen LogP) is 3.30. The van der Waals surface area contributed by atoms with Gasteiger partial charge in [0.15, 0.2) is 0 Å². The lowest BCUT2D eigenvalue weighted by Gasteiger charge is -2.06. The number of benzene rings is 1. The molecule has 3 rings (SSSR count). The van der Waals surface area contributed by atoms with E-state index < -0.39 is 0 Å². The summed E-state index contributed by atoms with van der Waals surface area (Å²) in [5.74, 6) is 1.53. The molecule has 1 aromatic carbocycles. The summed E-state index contributed by atoms with van der Waals surface area (Å²) in [6.07, 6.45) is 8.81. The third-order valence-electron chi connectivity index (χ3n) is 3.30. The van der Waals surface area contributed by atoms with Crippen LogP contribution in [-0.2, 0) is 19.4 Å². The van der Waals surface area contributed by atoms with Crippen LogP contribution in [0.15, 0.2) is 61.2 Å². The highest BCUT2D eigenvalue weighted by molar-refractivity contribution is 5.28. The van der Waals surface area contributed by atoms with E-state index in [1.807, 2.05) is 6.07 Å². The smallest absolute Gasteiger partial charge is 0.222 e. The Bertz CT molecular complexity index is 621. The van der Waals surface area contributed by atoms with Crippen LogP contribution in [0.25, 0.3) is 0 Å². The van der Waals surface area contributed by atoms with E-state index in [-0.39, 0.29) is 7.43 Å². The molecule has 5 nitrogen and oxygen atoms in total. The van der Waals surface area contributed by atoms with Gasteiger partial charge in [-0.15, -0.1) is 0 Å². The van der Waals surface area contributed by atoms with Crippen molar-refractivity contribution in [3.63, 3.8) is 0 Å². The summed E-state index contributed by atoms with van der Waals surface area (Å²) in [5.41, 5.74) is 2.49. The number of anilines is 1. The van der Waals surface area contributed by atoms with Gasteiger partial charge in [0, 0.05) is 37.8 Å². The Morgan fingerprint density at radius 1 is 0.696 bits per heavy atom. The average molecular weight is 307 g/mol. The molecule has 23 heavy (non-hydrogen) atoms. The van der Waals surface area contributed by atoms with Gasteiger partial charge in [0.05, 0.1) is 0 Å². The highest BCUT2D eigenvalue weighted by atomic mass is 15.1. The van der Waals surface area contributed by atoms with Crippen molar-refractivity contribution in [1.29, 1.82) is 0 Å². The molecular formula is C18H21N5. The number of rotatable bonds is 6. The first-order chi connectivity index (χ1) is 10.9. The van der Waals surface area contributed by atoms with Crippen molar-refractivity contribution in [2.45, 2.75) is 26.8 Å². The highest BCUT2D eigenvalue weighted by Gasteiger charge is 1.99. The van der Waals surface area contributed by atoms with E-state index in [2.05, 4.69) is 49.5 Å². The van der Waals surface area contributed by atoms with E-state index in [4.69, 9.17) is 0 Å². The molecule has 0 bridgehead atoms. The third-order valence-corrected chi connectivity index (χ3v) is 3.30. The summed E-state index contributed by atoms with van der Waals surface area (Å²) < 4.78 is 0. The van der Waals surface area contributed by atoms with E-state index in [1.165, 1.54) is 11.1 Å². The van der Waals surface area contributed by atoms with Crippen LogP contribution < -0.4 is 5.32 Å². The largest absolute Gasteiger partial charge is 0.350 e. The van der Waals surface area contributed by atoms with Crippen LogP contribution >= 0.6 is 0 Å². The van der Waals surface area contributed by atoms with Crippen LogP contribution in [-0.4, -0.2) is 19.9 Å². The lowest BCUT2D eigenvalue weighted by molar-refractivity contribution is 0.857. The minimum Gasteiger partial charge on any atom is -0.350 e. The van der Waals surface area contributed by atoms with Crippen molar-refractivity contribution in [3.8, 4) is 0 Å². The maximum atomic E-state index is 4.24. The summed E-state index contributed by atoms with van der Waals surface area (Å²) in [6, 6.07) is 12.2. The zero-order chi connectivity index (χ0) is 15.0. The van der Waals surface area contributed by atoms with Gasteiger partial charge in [-0.2, -0.15) is 0 Å². The Balaban J connectivity index is 0.00000192. The number of nitrogens with one attached hydrogen (secondary N) is 1. The number of aromatic nitrogens is 4. The molecule has 2 aromatic heterocycles. The molecular weight excluding hydrogens is 286 g/mol. The minimum atomic E-state index is 0. The van der Waals surface area contributed by atoms with Gasteiger partial charge in [0.25, 0.3) is 0 Å². The normalized spacial score (nSPS) is 9.91. The van der Waals surface area contributed by atoms with Gasteiger partial charge >= 0.3 is 0 Å². The van der Waals surface area contributed by atoms with E-state index in [1.54, 1.807) is 30.9 Å². The molecule has 0 amide bonds. The first-order valence-corrected chi connectivity index (χ1v) is 7.25. The fourth-order valence-corrected chi connectivity index (χ4v) is 2.11. The summed E-state index contributed by atoms with van der Waals surface area (Å²) in [4.78, 5) is 16.8. The molecule has 0 atom stereocenters. The SMILES string of the molecule is C.c1cnc(CCc2ccc(CNc3ncccn3)cc2)nc1. The average Bonchev–Trinajstić information content (AvgIpc) is 2.61. The quantitative estimate of drug-likeness (QED) is 0.757. The van der Waals surface area contributed by atoms with Crippen molar-refractivity contribution in [2.75, 3.05) is 5.32 Å². The Hall–Kier alpha value is -2.82. The topological polar surface area (TPSA) is 63.6 Å². The Kier molecular flexibility index (Phi) is 6.17. The van der Waals surface area contributed by atoms with E-state index in [0.717, 1.165) is 18.7 Å². The van der Waals surface area contributed by atoms with Crippen LogP contribution in [0.4, 0.5) is 5.95 Å². The zero-order valence-electron chi connectivity index (χ0n) is 12.2. The molecule has 3 aromatic rings. The molecule has 5 heteroatoms. The van der Waals surface area contributed by atoms with Crippen molar-refractivity contribution >= 4 is 5.95 Å². The second kappa shape index (κ2) is 8.58. The number of nitrogens with zero attached hydrogens (tertiary/aromatic N) is 4. The van der Waals surface area contributed by atoms with Crippen molar-refractivity contribution in [1.82, 2.24) is 19.9 Å². The number of aryl methyl sites for hydroxylation is 2. The monoisotopic (exact) mass is 307 g/mol. The van der Waals surface area contributed by atoms with Crippen molar-refractivity contribution in [3.05, 3.63) is 78.1 Å². The van der Waals surface area contributed by atoms with Crippen LogP contribution in [0.5, 0.6) is 0 Å². The van der Waals surface area contributed by atoms with Gasteiger partial charge in [0.1, 0.15) is 5.82 Å². The lowest BCUT2D eigenvalue weighted by Crippen LogP contribution is -2.03. The van der Waals surface area contributed by atoms with Crippen LogP contribution in [0.1, 0.15) is 24.4 Å². The second-order valence-corrected chi connectivity index (χ2v) is 4.91. The molecule has 1 N–H and O–H groups in total. The number of hydrogen-bond acceptors (Lipinski definition) is 5. The van der Waals surface area contributed by atoms with Crippen LogP contribution in [0.3, 0.4) is 0 Å². The summed E-state index contributed by atoms with van der Waals surface area (Å²) >= 11 is 0. The Morgan fingerprint density at radius 2 is 1.26 bits per heavy atom. The summed E-state index contributed by atoms with van der Waals surface area (Å²) in [7, 11) is 0. The van der Waals surface area contributed by atoms with Crippen LogP contribution in [0.2, 0.25) is 0 Å². The minimum absolute atomic E-state index is 0. The molecule has 2 heterocycles. The predicted molar refractivity (Wildman–Crippen MR) is 92.0 cm³/mol. The van der Waals surface area contributed by atoms with Crippen molar-refractivity contribution in [2.24, 2.45) is 0 Å². The molecule has 0 radical (unpaired) electrons. The van der Waals surface area contributed by atoms with Gasteiger partial charge in [-0.3, -0.25) is 0 Å². The second-order valence-electron chi connectivity index (χ2n) is 4.91. The Labute approximate surface area is 136 Å². The third kappa shape index (κ3) is 5.14. The molecule has 0 fully saturated rings. The van der Waals surface area contributed by atoms with Gasteiger partial charge < -0.3 is 5.32 Å². The first-order valence-electron chi connectivity index (χ1n) is 7.25. The molecule has 0 aliphatic carbocycles. The summed E-state index contributed by atoms with van der Waals surface area (Å²) in [6.45, 7) is 0.714. The lowest BCUT2D eigenvalue weighted by atomic mass is 10.1. The standard InChI is InChI=1S/C17H17N5.CH4/c1-9-18-16(19-10-1)8-7-14-3-5-15(6-4-14)13-22-17-20-11-2-12-21-17;/h1-6,9-12H,7-8,13H2,(H,20,21,22);1H4. The first kappa shape index (κ1) is 16.5. The highest BCUT2D eigenvalue weighted by Crippen LogP contribution is 2.08. The van der Waals surface area contributed by atoms with Gasteiger partial charge in [-0.1, -0.05) is 31.7 Å². The zero-order valence-corrected chi connectivity index (χ0v) is 12.2. The summed E-state index contributed by atoms with van der Waals surface area (Å²) in [5, 5.41) is 3.20. The molecule has 0 saturated heterocycles.